The number of likely N-dealkylation sites (tertiary alicyclic amines) is 1. The number of methoxy groups -OCH3 is 1. The maximum absolute atomic E-state index is 15.4. The predicted octanol–water partition coefficient (Wildman–Crippen LogP) is 5.27. The van der Waals surface area contributed by atoms with Gasteiger partial charge in [-0.1, -0.05) is 0 Å². The summed E-state index contributed by atoms with van der Waals surface area (Å²) in [4.78, 5) is 19.8. The highest BCUT2D eigenvalue weighted by Crippen LogP contribution is 2.35. The zero-order valence-electron chi connectivity index (χ0n) is 20.2. The van der Waals surface area contributed by atoms with Gasteiger partial charge in [0.25, 0.3) is 0 Å². The van der Waals surface area contributed by atoms with Crippen molar-refractivity contribution in [2.45, 2.75) is 43.7 Å². The van der Waals surface area contributed by atoms with Gasteiger partial charge in [0, 0.05) is 28.7 Å². The predicted molar refractivity (Wildman–Crippen MR) is 136 cm³/mol. The van der Waals surface area contributed by atoms with E-state index in [1.165, 1.54) is 0 Å². The zero-order valence-corrected chi connectivity index (χ0v) is 21.1. The summed E-state index contributed by atoms with van der Waals surface area (Å²) in [5, 5.41) is 17.6. The SMILES string of the molecule is COc1ccc2nccc(C(F)CC[C@@H]3CCN(CCCSc4cn[nH]c4C)C[C@@H]3C(=O)O)c2c1. The number of thioether (sulfide) groups is 1. The Bertz CT molecular complexity index is 1140. The first-order valence-electron chi connectivity index (χ1n) is 12.1. The molecule has 3 heterocycles. The van der Waals surface area contributed by atoms with Gasteiger partial charge in [-0.25, -0.2) is 4.39 Å². The Labute approximate surface area is 209 Å². The lowest BCUT2D eigenvalue weighted by Gasteiger charge is -2.36. The van der Waals surface area contributed by atoms with E-state index in [0.29, 0.717) is 30.7 Å². The number of aromatic nitrogens is 3. The Kier molecular flexibility index (Phi) is 8.62. The molecule has 1 aliphatic rings. The number of hydrogen-bond donors (Lipinski definition) is 2. The molecule has 1 aliphatic heterocycles. The number of H-pyrrole nitrogens is 1. The average molecular weight is 501 g/mol. The first kappa shape index (κ1) is 25.4. The number of pyridine rings is 1. The van der Waals surface area contributed by atoms with Gasteiger partial charge >= 0.3 is 5.97 Å². The van der Waals surface area contributed by atoms with Crippen molar-refractivity contribution in [1.29, 1.82) is 0 Å². The van der Waals surface area contributed by atoms with Gasteiger partial charge in [-0.05, 0) is 87.2 Å². The van der Waals surface area contributed by atoms with Crippen LogP contribution >= 0.6 is 11.8 Å². The van der Waals surface area contributed by atoms with Gasteiger partial charge in [-0.15, -0.1) is 11.8 Å². The molecule has 1 saturated heterocycles. The standard InChI is InChI=1S/C26H33FN4O3S/c1-17-25(15-29-30-17)35-13-3-11-31-12-9-18(22(16-31)26(32)33)4-6-23(27)20-8-10-28-24-7-5-19(34-2)14-21(20)24/h5,7-8,10,14-15,18,22-23H,3-4,6,9,11-13,16H2,1-2H3,(H,29,30)(H,32,33)/t18-,22+,23?/m1/s1. The van der Waals surface area contributed by atoms with E-state index in [0.717, 1.165) is 53.2 Å². The summed E-state index contributed by atoms with van der Waals surface area (Å²) >= 11 is 1.77. The summed E-state index contributed by atoms with van der Waals surface area (Å²) in [6.07, 6.45) is 4.90. The minimum Gasteiger partial charge on any atom is -0.497 e. The van der Waals surface area contributed by atoms with Crippen molar-refractivity contribution in [2.24, 2.45) is 11.8 Å². The number of rotatable bonds is 11. The number of carboxylic acids is 1. The van der Waals surface area contributed by atoms with Crippen LogP contribution in [0.3, 0.4) is 0 Å². The summed E-state index contributed by atoms with van der Waals surface area (Å²) in [6, 6.07) is 7.17. The summed E-state index contributed by atoms with van der Waals surface area (Å²) in [5.41, 5.74) is 2.39. The summed E-state index contributed by atoms with van der Waals surface area (Å²) < 4.78 is 20.7. The number of carboxylic acid groups (broad SMARTS) is 1. The molecular formula is C26H33FN4O3S. The molecular weight excluding hydrogens is 467 g/mol. The van der Waals surface area contributed by atoms with Crippen LogP contribution in [0, 0.1) is 18.8 Å². The first-order chi connectivity index (χ1) is 17.0. The average Bonchev–Trinajstić information content (AvgIpc) is 3.29. The molecule has 1 aromatic carbocycles. The Hall–Kier alpha value is -2.65. The van der Waals surface area contributed by atoms with E-state index >= 15 is 4.39 Å². The fraction of sp³-hybridized carbons (Fsp3) is 0.500. The second-order valence-corrected chi connectivity index (χ2v) is 10.3. The number of carbonyl (C=O) groups is 1. The van der Waals surface area contributed by atoms with Crippen LogP contribution in [0.15, 0.2) is 41.6 Å². The first-order valence-corrected chi connectivity index (χ1v) is 13.1. The molecule has 1 unspecified atom stereocenters. The van der Waals surface area contributed by atoms with Gasteiger partial charge in [0.1, 0.15) is 11.9 Å². The number of halogens is 1. The molecule has 4 rings (SSSR count). The summed E-state index contributed by atoms with van der Waals surface area (Å²) in [7, 11) is 1.59. The number of fused-ring (bicyclic) bond motifs is 1. The highest BCUT2D eigenvalue weighted by Gasteiger charge is 2.34. The number of piperidine rings is 1. The number of benzene rings is 1. The van der Waals surface area contributed by atoms with E-state index in [2.05, 4.69) is 20.1 Å². The molecule has 9 heteroatoms. The van der Waals surface area contributed by atoms with E-state index in [-0.39, 0.29) is 5.92 Å². The van der Waals surface area contributed by atoms with E-state index in [4.69, 9.17) is 4.74 Å². The van der Waals surface area contributed by atoms with Crippen molar-refractivity contribution in [2.75, 3.05) is 32.5 Å². The number of aryl methyl sites for hydroxylation is 1. The monoisotopic (exact) mass is 500 g/mol. The van der Waals surface area contributed by atoms with Crippen molar-refractivity contribution in [3.8, 4) is 5.75 Å². The van der Waals surface area contributed by atoms with Crippen LogP contribution in [0.2, 0.25) is 0 Å². The zero-order chi connectivity index (χ0) is 24.8. The third-order valence-corrected chi connectivity index (χ3v) is 8.14. The van der Waals surface area contributed by atoms with Crippen LogP contribution in [0.5, 0.6) is 5.75 Å². The lowest BCUT2D eigenvalue weighted by atomic mass is 9.81. The fourth-order valence-electron chi connectivity index (χ4n) is 4.91. The van der Waals surface area contributed by atoms with Crippen molar-refractivity contribution in [1.82, 2.24) is 20.1 Å². The van der Waals surface area contributed by atoms with Gasteiger partial charge in [-0.3, -0.25) is 14.9 Å². The van der Waals surface area contributed by atoms with Crippen molar-refractivity contribution < 1.29 is 19.0 Å². The minimum atomic E-state index is -1.18. The van der Waals surface area contributed by atoms with Gasteiger partial charge in [0.15, 0.2) is 0 Å². The highest BCUT2D eigenvalue weighted by molar-refractivity contribution is 7.99. The van der Waals surface area contributed by atoms with Gasteiger partial charge in [-0.2, -0.15) is 5.10 Å². The number of ether oxygens (including phenoxy) is 1. The lowest BCUT2D eigenvalue weighted by Crippen LogP contribution is -2.44. The lowest BCUT2D eigenvalue weighted by molar-refractivity contribution is -0.146. The fourth-order valence-corrected chi connectivity index (χ4v) is 5.80. The Balaban J connectivity index is 1.30. The summed E-state index contributed by atoms with van der Waals surface area (Å²) in [6.45, 7) is 4.27. The third kappa shape index (κ3) is 6.32. The highest BCUT2D eigenvalue weighted by atomic mass is 32.2. The van der Waals surface area contributed by atoms with Crippen LogP contribution in [-0.4, -0.2) is 63.7 Å². The Morgan fingerprint density at radius 3 is 3.00 bits per heavy atom. The third-order valence-electron chi connectivity index (χ3n) is 6.93. The van der Waals surface area contributed by atoms with Gasteiger partial charge in [0.05, 0.1) is 24.7 Å². The molecule has 0 bridgehead atoms. The molecule has 2 N–H and O–H groups in total. The van der Waals surface area contributed by atoms with Crippen LogP contribution in [0.25, 0.3) is 10.9 Å². The normalized spacial score (nSPS) is 19.6. The quantitative estimate of drug-likeness (QED) is 0.274. The maximum atomic E-state index is 15.4. The molecule has 0 saturated carbocycles. The van der Waals surface area contributed by atoms with E-state index in [9.17, 15) is 9.90 Å². The van der Waals surface area contributed by atoms with Gasteiger partial charge in [0.2, 0.25) is 0 Å². The second-order valence-electron chi connectivity index (χ2n) is 9.18. The van der Waals surface area contributed by atoms with Crippen LogP contribution < -0.4 is 4.74 Å². The number of nitrogens with zero attached hydrogens (tertiary/aromatic N) is 3. The molecule has 2 aromatic heterocycles. The molecule has 0 spiro atoms. The Morgan fingerprint density at radius 1 is 1.40 bits per heavy atom. The maximum Gasteiger partial charge on any atom is 0.308 e. The smallest absolute Gasteiger partial charge is 0.308 e. The van der Waals surface area contributed by atoms with Crippen LogP contribution in [-0.2, 0) is 4.79 Å². The van der Waals surface area contributed by atoms with E-state index < -0.39 is 18.1 Å². The van der Waals surface area contributed by atoms with Gasteiger partial charge < -0.3 is 14.7 Å². The molecule has 0 aliphatic carbocycles. The number of alkyl halides is 1. The van der Waals surface area contributed by atoms with Crippen LogP contribution in [0.1, 0.15) is 43.1 Å². The molecule has 0 amide bonds. The minimum absolute atomic E-state index is 0.0207. The molecule has 3 aromatic rings. The van der Waals surface area contributed by atoms with E-state index in [1.807, 2.05) is 31.3 Å². The van der Waals surface area contributed by atoms with Crippen molar-refractivity contribution >= 4 is 28.6 Å². The molecule has 7 nitrogen and oxygen atoms in total. The number of aliphatic carboxylic acids is 1. The van der Waals surface area contributed by atoms with Crippen molar-refractivity contribution in [3.05, 3.63) is 47.9 Å². The molecule has 1 fully saturated rings. The molecule has 0 radical (unpaired) electrons. The number of nitrogens with one attached hydrogen (secondary N) is 1. The van der Waals surface area contributed by atoms with E-state index in [1.54, 1.807) is 31.1 Å². The largest absolute Gasteiger partial charge is 0.497 e. The number of hydrogen-bond acceptors (Lipinski definition) is 6. The van der Waals surface area contributed by atoms with Crippen molar-refractivity contribution in [3.63, 3.8) is 0 Å². The molecule has 3 atom stereocenters. The number of aromatic amines is 1. The molecule has 35 heavy (non-hydrogen) atoms. The van der Waals surface area contributed by atoms with Crippen LogP contribution in [0.4, 0.5) is 4.39 Å². The summed E-state index contributed by atoms with van der Waals surface area (Å²) in [5.74, 6) is 0.362. The topological polar surface area (TPSA) is 91.3 Å². The second kappa shape index (κ2) is 11.9. The Morgan fingerprint density at radius 2 is 2.26 bits per heavy atom. The molecule has 188 valence electrons.